The van der Waals surface area contributed by atoms with Crippen LogP contribution < -0.4 is 4.65 Å². The fourth-order valence-corrected chi connectivity index (χ4v) is 0.855. The first-order valence-electron chi connectivity index (χ1n) is 3.31. The zero-order chi connectivity index (χ0) is 8.27. The van der Waals surface area contributed by atoms with Gasteiger partial charge in [-0.25, -0.2) is 0 Å². The lowest BCUT2D eigenvalue weighted by Gasteiger charge is -2.04. The Morgan fingerprint density at radius 2 is 2.18 bits per heavy atom. The van der Waals surface area contributed by atoms with Gasteiger partial charge in [0.2, 0.25) is 0 Å². The molecule has 1 heterocycles. The smallest absolute Gasteiger partial charge is 0.536 e. The van der Waals surface area contributed by atoms with Crippen LogP contribution in [0.25, 0.3) is 0 Å². The summed E-state index contributed by atoms with van der Waals surface area (Å²) in [6.07, 6.45) is 0. The van der Waals surface area contributed by atoms with E-state index >= 15 is 0 Å². The molecule has 1 rings (SSSR count). The minimum atomic E-state index is 0.582. The van der Waals surface area contributed by atoms with E-state index in [0.29, 0.717) is 13.4 Å². The maximum absolute atomic E-state index is 8.34. The molecule has 0 saturated carbocycles. The summed E-state index contributed by atoms with van der Waals surface area (Å²) in [6, 6.07) is 3.59. The molecule has 0 aliphatic carbocycles. The van der Waals surface area contributed by atoms with Crippen molar-refractivity contribution >= 4 is 7.69 Å². The third-order valence-electron chi connectivity index (χ3n) is 1.36. The van der Waals surface area contributed by atoms with Gasteiger partial charge in [0.25, 0.3) is 0 Å². The SMILES string of the molecule is Cc1ccc(O[B]O)c(C)n1. The molecule has 0 unspecified atom stereocenters. The predicted octanol–water partition coefficient (Wildman–Crippen LogP) is 0.604. The molecule has 11 heavy (non-hydrogen) atoms. The molecule has 4 heteroatoms. The Morgan fingerprint density at radius 1 is 1.45 bits per heavy atom. The highest BCUT2D eigenvalue weighted by Gasteiger charge is 1.99. The molecule has 0 saturated heterocycles. The van der Waals surface area contributed by atoms with Crippen LogP contribution in [0.4, 0.5) is 0 Å². The van der Waals surface area contributed by atoms with Gasteiger partial charge < -0.3 is 9.68 Å². The fraction of sp³-hybridized carbons (Fsp3) is 0.286. The highest BCUT2D eigenvalue weighted by molar-refractivity contribution is 6.17. The molecule has 0 aromatic carbocycles. The maximum Gasteiger partial charge on any atom is 0.569 e. The van der Waals surface area contributed by atoms with Crippen LogP contribution in [0.5, 0.6) is 5.75 Å². The van der Waals surface area contributed by atoms with E-state index < -0.39 is 0 Å². The van der Waals surface area contributed by atoms with Crippen LogP contribution in [-0.2, 0) is 0 Å². The van der Waals surface area contributed by atoms with Crippen LogP contribution in [-0.4, -0.2) is 17.7 Å². The average molecular weight is 150 g/mol. The van der Waals surface area contributed by atoms with Crippen molar-refractivity contribution in [2.45, 2.75) is 13.8 Å². The summed E-state index contributed by atoms with van der Waals surface area (Å²) in [5, 5.41) is 8.34. The van der Waals surface area contributed by atoms with Crippen LogP contribution in [0.1, 0.15) is 11.4 Å². The Bertz CT molecular complexity index is 252. The second-order valence-corrected chi connectivity index (χ2v) is 2.26. The summed E-state index contributed by atoms with van der Waals surface area (Å²) < 4.78 is 4.76. The number of hydrogen-bond acceptors (Lipinski definition) is 3. The van der Waals surface area contributed by atoms with E-state index in [1.54, 1.807) is 6.07 Å². The number of rotatable bonds is 2. The van der Waals surface area contributed by atoms with Crippen molar-refractivity contribution < 1.29 is 9.68 Å². The molecule has 3 nitrogen and oxygen atoms in total. The molecule has 1 aromatic rings. The standard InChI is InChI=1S/C7H9BNO2/c1-5-3-4-7(11-8-10)6(2)9-5/h3-4,10H,1-2H3. The average Bonchev–Trinajstić information content (AvgIpc) is 1.95. The molecule has 1 N–H and O–H groups in total. The van der Waals surface area contributed by atoms with Gasteiger partial charge in [-0.3, -0.25) is 4.98 Å². The second kappa shape index (κ2) is 3.39. The normalized spacial score (nSPS) is 9.36. The van der Waals surface area contributed by atoms with Gasteiger partial charge >= 0.3 is 7.69 Å². The monoisotopic (exact) mass is 150 g/mol. The minimum absolute atomic E-state index is 0.582. The largest absolute Gasteiger partial charge is 0.569 e. The maximum atomic E-state index is 8.34. The summed E-state index contributed by atoms with van der Waals surface area (Å²) in [7, 11) is 0.652. The van der Waals surface area contributed by atoms with Crippen LogP contribution in [0.2, 0.25) is 0 Å². The van der Waals surface area contributed by atoms with Crippen molar-refractivity contribution in [2.24, 2.45) is 0 Å². The Kier molecular flexibility index (Phi) is 2.49. The van der Waals surface area contributed by atoms with Crippen molar-refractivity contribution in [3.8, 4) is 5.75 Å². The van der Waals surface area contributed by atoms with Gasteiger partial charge in [-0.1, -0.05) is 0 Å². The third kappa shape index (κ3) is 1.95. The molecule has 0 aliphatic rings. The molecule has 0 bridgehead atoms. The van der Waals surface area contributed by atoms with Crippen molar-refractivity contribution in [1.29, 1.82) is 0 Å². The summed E-state index contributed by atoms with van der Waals surface area (Å²) in [4.78, 5) is 4.14. The molecule has 1 aromatic heterocycles. The van der Waals surface area contributed by atoms with Crippen molar-refractivity contribution in [1.82, 2.24) is 4.98 Å². The van der Waals surface area contributed by atoms with Gasteiger partial charge in [0.05, 0.1) is 5.69 Å². The first-order valence-corrected chi connectivity index (χ1v) is 3.31. The Labute approximate surface area is 66.3 Å². The molecular formula is C7H9BNO2. The van der Waals surface area contributed by atoms with Crippen LogP contribution in [0.3, 0.4) is 0 Å². The summed E-state index contributed by atoms with van der Waals surface area (Å²) in [5.74, 6) is 0.582. The molecule has 1 radical (unpaired) electrons. The van der Waals surface area contributed by atoms with E-state index in [0.717, 1.165) is 11.4 Å². The van der Waals surface area contributed by atoms with E-state index in [9.17, 15) is 0 Å². The Morgan fingerprint density at radius 3 is 2.73 bits per heavy atom. The lowest BCUT2D eigenvalue weighted by molar-refractivity contribution is 0.450. The Balaban J connectivity index is 2.90. The van der Waals surface area contributed by atoms with E-state index in [1.165, 1.54) is 0 Å². The van der Waals surface area contributed by atoms with E-state index in [-0.39, 0.29) is 0 Å². The zero-order valence-corrected chi connectivity index (χ0v) is 6.53. The van der Waals surface area contributed by atoms with E-state index in [2.05, 4.69) is 4.98 Å². The van der Waals surface area contributed by atoms with Gasteiger partial charge in [0.1, 0.15) is 5.75 Å². The molecule has 0 atom stereocenters. The number of pyridine rings is 1. The van der Waals surface area contributed by atoms with Gasteiger partial charge in [-0.2, -0.15) is 0 Å². The topological polar surface area (TPSA) is 42.4 Å². The molecule has 0 amide bonds. The quantitative estimate of drug-likeness (QED) is 0.627. The number of nitrogens with zero attached hydrogens (tertiary/aromatic N) is 1. The van der Waals surface area contributed by atoms with E-state index in [4.69, 9.17) is 9.68 Å². The highest BCUT2D eigenvalue weighted by atomic mass is 16.5. The summed E-state index contributed by atoms with van der Waals surface area (Å²) in [5.41, 5.74) is 1.71. The van der Waals surface area contributed by atoms with Crippen molar-refractivity contribution in [3.05, 3.63) is 23.5 Å². The zero-order valence-electron chi connectivity index (χ0n) is 6.53. The lowest BCUT2D eigenvalue weighted by atomic mass is 10.3. The molecule has 0 spiro atoms. The predicted molar refractivity (Wildman–Crippen MR) is 42.3 cm³/mol. The van der Waals surface area contributed by atoms with E-state index in [1.807, 2.05) is 19.9 Å². The summed E-state index contributed by atoms with van der Waals surface area (Å²) in [6.45, 7) is 3.73. The number of aromatic nitrogens is 1. The fourth-order valence-electron chi connectivity index (χ4n) is 0.855. The first kappa shape index (κ1) is 8.08. The molecular weight excluding hydrogens is 141 g/mol. The van der Waals surface area contributed by atoms with Crippen molar-refractivity contribution in [3.63, 3.8) is 0 Å². The number of hydrogen-bond donors (Lipinski definition) is 1. The molecule has 0 fully saturated rings. The van der Waals surface area contributed by atoms with Crippen molar-refractivity contribution in [2.75, 3.05) is 0 Å². The first-order chi connectivity index (χ1) is 5.24. The van der Waals surface area contributed by atoms with Crippen LogP contribution in [0, 0.1) is 13.8 Å². The molecule has 0 aliphatic heterocycles. The second-order valence-electron chi connectivity index (χ2n) is 2.26. The van der Waals surface area contributed by atoms with Gasteiger partial charge in [-0.05, 0) is 26.0 Å². The summed E-state index contributed by atoms with van der Waals surface area (Å²) >= 11 is 0. The number of aryl methyl sites for hydroxylation is 2. The van der Waals surface area contributed by atoms with Gasteiger partial charge in [0.15, 0.2) is 0 Å². The molecule has 57 valence electrons. The highest BCUT2D eigenvalue weighted by Crippen LogP contribution is 2.14. The van der Waals surface area contributed by atoms with Gasteiger partial charge in [-0.15, -0.1) is 0 Å². The van der Waals surface area contributed by atoms with Crippen LogP contribution >= 0.6 is 0 Å². The Hall–Kier alpha value is -1.03. The third-order valence-corrected chi connectivity index (χ3v) is 1.36. The van der Waals surface area contributed by atoms with Gasteiger partial charge in [0, 0.05) is 5.69 Å². The van der Waals surface area contributed by atoms with Crippen LogP contribution in [0.15, 0.2) is 12.1 Å². The minimum Gasteiger partial charge on any atom is -0.536 e. The lowest BCUT2D eigenvalue weighted by Crippen LogP contribution is -2.02.